The summed E-state index contributed by atoms with van der Waals surface area (Å²) >= 11 is 0. The molecule has 92 valence electrons. The number of rotatable bonds is 2. The zero-order valence-corrected chi connectivity index (χ0v) is 10.4. The van der Waals surface area contributed by atoms with E-state index in [-0.39, 0.29) is 6.04 Å². The van der Waals surface area contributed by atoms with Gasteiger partial charge in [-0.1, -0.05) is 24.6 Å². The minimum Gasteiger partial charge on any atom is -0.323 e. The summed E-state index contributed by atoms with van der Waals surface area (Å²) in [4.78, 5) is 0. The van der Waals surface area contributed by atoms with Crippen LogP contribution in [0.25, 0.3) is 0 Å². The monoisotopic (exact) mass is 230 g/mol. The summed E-state index contributed by atoms with van der Waals surface area (Å²) in [7, 11) is 0. The second-order valence-electron chi connectivity index (χ2n) is 5.46. The van der Waals surface area contributed by atoms with E-state index in [0.29, 0.717) is 6.04 Å². The third kappa shape index (κ3) is 2.24. The predicted octanol–water partition coefficient (Wildman–Crippen LogP) is 2.32. The number of nitrogens with one attached hydrogen (secondary N) is 1. The first-order valence-electron chi connectivity index (χ1n) is 6.95. The average Bonchev–Trinajstić information content (AvgIpc) is 2.86. The van der Waals surface area contributed by atoms with Crippen molar-refractivity contribution in [1.82, 2.24) is 5.32 Å². The fourth-order valence-electron chi connectivity index (χ4n) is 3.22. The summed E-state index contributed by atoms with van der Waals surface area (Å²) in [6, 6.07) is 7.53. The minimum atomic E-state index is 0.168. The van der Waals surface area contributed by atoms with Crippen LogP contribution in [-0.2, 0) is 12.8 Å². The van der Waals surface area contributed by atoms with Crippen molar-refractivity contribution in [3.63, 3.8) is 0 Å². The summed E-state index contributed by atoms with van der Waals surface area (Å²) in [5.74, 6) is 0. The molecule has 1 heterocycles. The van der Waals surface area contributed by atoms with Crippen molar-refractivity contribution in [2.45, 2.75) is 50.6 Å². The Morgan fingerprint density at radius 1 is 1.12 bits per heavy atom. The molecule has 0 aromatic heterocycles. The SMILES string of the molecule is NC(c1ccc2c(c1)CCC2)C1CCCCN1. The second-order valence-corrected chi connectivity index (χ2v) is 5.46. The van der Waals surface area contributed by atoms with Crippen molar-refractivity contribution < 1.29 is 0 Å². The van der Waals surface area contributed by atoms with Crippen LogP contribution in [0.5, 0.6) is 0 Å². The molecule has 1 saturated heterocycles. The van der Waals surface area contributed by atoms with Gasteiger partial charge in [0.1, 0.15) is 0 Å². The van der Waals surface area contributed by atoms with Crippen molar-refractivity contribution >= 4 is 0 Å². The Labute approximate surface area is 104 Å². The van der Waals surface area contributed by atoms with Crippen LogP contribution in [0, 0.1) is 0 Å². The molecule has 2 unspecified atom stereocenters. The zero-order valence-electron chi connectivity index (χ0n) is 10.4. The molecule has 3 N–H and O–H groups in total. The van der Waals surface area contributed by atoms with E-state index in [2.05, 4.69) is 23.5 Å². The molecule has 17 heavy (non-hydrogen) atoms. The van der Waals surface area contributed by atoms with E-state index in [1.165, 1.54) is 55.2 Å². The quantitative estimate of drug-likeness (QED) is 0.818. The van der Waals surface area contributed by atoms with Crippen LogP contribution in [0.2, 0.25) is 0 Å². The maximum atomic E-state index is 6.40. The molecule has 0 bridgehead atoms. The molecule has 2 aliphatic rings. The van der Waals surface area contributed by atoms with Gasteiger partial charge in [-0.2, -0.15) is 0 Å². The summed E-state index contributed by atoms with van der Waals surface area (Å²) in [6.07, 6.45) is 7.65. The molecule has 2 atom stereocenters. The average molecular weight is 230 g/mol. The normalized spacial score (nSPS) is 25.6. The van der Waals surface area contributed by atoms with E-state index >= 15 is 0 Å². The van der Waals surface area contributed by atoms with Gasteiger partial charge in [0.05, 0.1) is 0 Å². The third-order valence-electron chi connectivity index (χ3n) is 4.29. The standard InChI is InChI=1S/C15H22N2/c16-15(14-6-1-2-9-17-14)13-8-7-11-4-3-5-12(11)10-13/h7-8,10,14-15,17H,1-6,9,16H2. The molecule has 0 radical (unpaired) electrons. The first kappa shape index (κ1) is 11.2. The highest BCUT2D eigenvalue weighted by Crippen LogP contribution is 2.27. The van der Waals surface area contributed by atoms with Gasteiger partial charge < -0.3 is 11.1 Å². The zero-order chi connectivity index (χ0) is 11.7. The Morgan fingerprint density at radius 3 is 2.82 bits per heavy atom. The molecular formula is C15H22N2. The fourth-order valence-corrected chi connectivity index (χ4v) is 3.22. The minimum absolute atomic E-state index is 0.168. The molecule has 1 aliphatic carbocycles. The number of benzene rings is 1. The number of fused-ring (bicyclic) bond motifs is 1. The maximum absolute atomic E-state index is 6.40. The Bertz CT molecular complexity index is 394. The lowest BCUT2D eigenvalue weighted by molar-refractivity contribution is 0.353. The summed E-state index contributed by atoms with van der Waals surface area (Å²) in [5, 5.41) is 3.56. The van der Waals surface area contributed by atoms with Crippen LogP contribution in [0.3, 0.4) is 0 Å². The molecule has 0 spiro atoms. The molecule has 3 rings (SSSR count). The van der Waals surface area contributed by atoms with Crippen LogP contribution >= 0.6 is 0 Å². The van der Waals surface area contributed by atoms with Gasteiger partial charge in [0.15, 0.2) is 0 Å². The number of aryl methyl sites for hydroxylation is 2. The third-order valence-corrected chi connectivity index (χ3v) is 4.29. The Morgan fingerprint density at radius 2 is 2.00 bits per heavy atom. The van der Waals surface area contributed by atoms with Gasteiger partial charge in [0, 0.05) is 12.1 Å². The van der Waals surface area contributed by atoms with E-state index < -0.39 is 0 Å². The highest BCUT2D eigenvalue weighted by molar-refractivity contribution is 5.36. The number of hydrogen-bond donors (Lipinski definition) is 2. The van der Waals surface area contributed by atoms with Gasteiger partial charge >= 0.3 is 0 Å². The number of nitrogens with two attached hydrogens (primary N) is 1. The van der Waals surface area contributed by atoms with Crippen LogP contribution in [0.15, 0.2) is 18.2 Å². The Balaban J connectivity index is 1.78. The maximum Gasteiger partial charge on any atom is 0.0450 e. The molecule has 1 aromatic carbocycles. The van der Waals surface area contributed by atoms with Gasteiger partial charge in [0.25, 0.3) is 0 Å². The highest BCUT2D eigenvalue weighted by Gasteiger charge is 2.22. The first-order valence-corrected chi connectivity index (χ1v) is 6.95. The topological polar surface area (TPSA) is 38.0 Å². The lowest BCUT2D eigenvalue weighted by atomic mass is 9.92. The fraction of sp³-hybridized carbons (Fsp3) is 0.600. The lowest BCUT2D eigenvalue weighted by Crippen LogP contribution is -2.42. The molecule has 2 heteroatoms. The van der Waals surface area contributed by atoms with Crippen molar-refractivity contribution in [2.75, 3.05) is 6.54 Å². The number of piperidine rings is 1. The van der Waals surface area contributed by atoms with E-state index in [0.717, 1.165) is 6.54 Å². The van der Waals surface area contributed by atoms with Crippen molar-refractivity contribution in [3.8, 4) is 0 Å². The summed E-state index contributed by atoms with van der Waals surface area (Å²) in [5.41, 5.74) is 10.8. The second kappa shape index (κ2) is 4.79. The van der Waals surface area contributed by atoms with Crippen molar-refractivity contribution in [2.24, 2.45) is 5.73 Å². The van der Waals surface area contributed by atoms with Gasteiger partial charge in [-0.3, -0.25) is 0 Å². The lowest BCUT2D eigenvalue weighted by Gasteiger charge is -2.29. The molecule has 0 amide bonds. The molecule has 0 saturated carbocycles. The van der Waals surface area contributed by atoms with Crippen LogP contribution in [0.1, 0.15) is 48.4 Å². The van der Waals surface area contributed by atoms with E-state index in [1.54, 1.807) is 0 Å². The van der Waals surface area contributed by atoms with Crippen molar-refractivity contribution in [3.05, 3.63) is 34.9 Å². The van der Waals surface area contributed by atoms with E-state index in [1.807, 2.05) is 0 Å². The predicted molar refractivity (Wildman–Crippen MR) is 71.0 cm³/mol. The molecule has 1 aliphatic heterocycles. The smallest absolute Gasteiger partial charge is 0.0450 e. The molecule has 1 aromatic rings. The molecular weight excluding hydrogens is 208 g/mol. The molecule has 2 nitrogen and oxygen atoms in total. The first-order chi connectivity index (χ1) is 8.34. The van der Waals surface area contributed by atoms with Crippen molar-refractivity contribution in [1.29, 1.82) is 0 Å². The highest BCUT2D eigenvalue weighted by atomic mass is 15.0. The van der Waals surface area contributed by atoms with Gasteiger partial charge in [-0.25, -0.2) is 0 Å². The summed E-state index contributed by atoms with van der Waals surface area (Å²) in [6.45, 7) is 1.13. The van der Waals surface area contributed by atoms with Crippen LogP contribution in [0.4, 0.5) is 0 Å². The Kier molecular flexibility index (Phi) is 3.17. The van der Waals surface area contributed by atoms with Gasteiger partial charge in [0.2, 0.25) is 0 Å². The molecule has 1 fully saturated rings. The van der Waals surface area contributed by atoms with E-state index in [4.69, 9.17) is 5.73 Å². The van der Waals surface area contributed by atoms with Gasteiger partial charge in [-0.05, 0) is 55.3 Å². The number of hydrogen-bond acceptors (Lipinski definition) is 2. The Hall–Kier alpha value is -0.860. The summed E-state index contributed by atoms with van der Waals surface area (Å²) < 4.78 is 0. The van der Waals surface area contributed by atoms with Crippen LogP contribution < -0.4 is 11.1 Å². The van der Waals surface area contributed by atoms with E-state index in [9.17, 15) is 0 Å². The largest absolute Gasteiger partial charge is 0.323 e. The van der Waals surface area contributed by atoms with Gasteiger partial charge in [-0.15, -0.1) is 0 Å². The van der Waals surface area contributed by atoms with Crippen LogP contribution in [-0.4, -0.2) is 12.6 Å².